The maximum Gasteiger partial charge on any atom is 0.244 e. The van der Waals surface area contributed by atoms with Crippen LogP contribution in [0.4, 0.5) is 11.4 Å². The maximum atomic E-state index is 12.3. The second-order valence-electron chi connectivity index (χ2n) is 5.10. The molecule has 118 valence electrons. The molecule has 0 radical (unpaired) electrons. The monoisotopic (exact) mass is 346 g/mol. The lowest BCUT2D eigenvalue weighted by Crippen LogP contribution is -2.37. The van der Waals surface area contributed by atoms with Gasteiger partial charge in [0.25, 0.3) is 0 Å². The number of benzene rings is 2. The standard InChI is InChI=1S/C17H15ClN2O2S/c18-12-5-7-13(8-6-12)19-16(21)11-20-14-3-1-2-4-15(14)23-10-9-17(20)22/h1-8H,9-11H2,(H,19,21). The summed E-state index contributed by atoms with van der Waals surface area (Å²) in [5.41, 5.74) is 1.45. The van der Waals surface area contributed by atoms with E-state index in [0.29, 0.717) is 17.1 Å². The zero-order valence-corrected chi connectivity index (χ0v) is 13.9. The van der Waals surface area contributed by atoms with Crippen molar-refractivity contribution in [2.45, 2.75) is 11.3 Å². The van der Waals surface area contributed by atoms with Crippen molar-refractivity contribution < 1.29 is 9.59 Å². The Labute approximate surface area is 143 Å². The summed E-state index contributed by atoms with van der Waals surface area (Å²) in [6.07, 6.45) is 0.424. The summed E-state index contributed by atoms with van der Waals surface area (Å²) in [5.74, 6) is 0.460. The molecule has 4 nitrogen and oxygen atoms in total. The molecule has 0 saturated heterocycles. The van der Waals surface area contributed by atoms with E-state index in [4.69, 9.17) is 11.6 Å². The van der Waals surface area contributed by atoms with Gasteiger partial charge in [-0.2, -0.15) is 0 Å². The molecule has 1 N–H and O–H groups in total. The zero-order chi connectivity index (χ0) is 16.2. The highest BCUT2D eigenvalue weighted by Crippen LogP contribution is 2.33. The van der Waals surface area contributed by atoms with Gasteiger partial charge in [0, 0.05) is 27.8 Å². The number of hydrogen-bond acceptors (Lipinski definition) is 3. The van der Waals surface area contributed by atoms with Crippen molar-refractivity contribution in [3.8, 4) is 0 Å². The molecule has 0 unspecified atom stereocenters. The van der Waals surface area contributed by atoms with Crippen LogP contribution in [-0.4, -0.2) is 24.1 Å². The van der Waals surface area contributed by atoms with Gasteiger partial charge < -0.3 is 10.2 Å². The van der Waals surface area contributed by atoms with Crippen LogP contribution in [-0.2, 0) is 9.59 Å². The van der Waals surface area contributed by atoms with Crippen LogP contribution in [0.2, 0.25) is 5.02 Å². The third-order valence-electron chi connectivity index (χ3n) is 3.46. The molecule has 2 amide bonds. The second kappa shape index (κ2) is 7.06. The largest absolute Gasteiger partial charge is 0.325 e. The molecule has 0 atom stereocenters. The summed E-state index contributed by atoms with van der Waals surface area (Å²) < 4.78 is 0. The van der Waals surface area contributed by atoms with E-state index in [0.717, 1.165) is 16.3 Å². The maximum absolute atomic E-state index is 12.3. The van der Waals surface area contributed by atoms with Crippen molar-refractivity contribution in [3.63, 3.8) is 0 Å². The quantitative estimate of drug-likeness (QED) is 0.919. The molecule has 2 aromatic carbocycles. The van der Waals surface area contributed by atoms with E-state index < -0.39 is 0 Å². The Morgan fingerprint density at radius 1 is 1.17 bits per heavy atom. The minimum atomic E-state index is -0.234. The lowest BCUT2D eigenvalue weighted by molar-refractivity contribution is -0.121. The summed E-state index contributed by atoms with van der Waals surface area (Å²) in [6, 6.07) is 14.5. The summed E-state index contributed by atoms with van der Waals surface area (Å²) >= 11 is 7.47. The van der Waals surface area contributed by atoms with Crippen LogP contribution in [0.5, 0.6) is 0 Å². The van der Waals surface area contributed by atoms with Crippen molar-refractivity contribution in [2.75, 3.05) is 22.5 Å². The third kappa shape index (κ3) is 3.86. The molecular formula is C17H15ClN2O2S. The van der Waals surface area contributed by atoms with E-state index in [-0.39, 0.29) is 18.4 Å². The normalized spacial score (nSPS) is 14.1. The molecule has 1 aliphatic rings. The van der Waals surface area contributed by atoms with Crippen LogP contribution in [0.15, 0.2) is 53.4 Å². The molecule has 0 spiro atoms. The molecule has 1 heterocycles. The number of carbonyl (C=O) groups is 2. The molecule has 0 fully saturated rings. The highest BCUT2D eigenvalue weighted by molar-refractivity contribution is 7.99. The van der Waals surface area contributed by atoms with Crippen molar-refractivity contribution in [3.05, 3.63) is 53.6 Å². The fraction of sp³-hybridized carbons (Fsp3) is 0.176. The van der Waals surface area contributed by atoms with Crippen LogP contribution in [0.3, 0.4) is 0 Å². The van der Waals surface area contributed by atoms with E-state index in [2.05, 4.69) is 5.32 Å². The number of nitrogens with zero attached hydrogens (tertiary/aromatic N) is 1. The number of para-hydroxylation sites is 1. The molecule has 2 aromatic rings. The Morgan fingerprint density at radius 2 is 1.91 bits per heavy atom. The molecule has 1 aliphatic heterocycles. The van der Waals surface area contributed by atoms with E-state index in [1.807, 2.05) is 24.3 Å². The van der Waals surface area contributed by atoms with Gasteiger partial charge in [-0.25, -0.2) is 0 Å². The summed E-state index contributed by atoms with van der Waals surface area (Å²) in [4.78, 5) is 27.2. The smallest absolute Gasteiger partial charge is 0.244 e. The van der Waals surface area contributed by atoms with Gasteiger partial charge in [-0.05, 0) is 36.4 Å². The van der Waals surface area contributed by atoms with E-state index >= 15 is 0 Å². The molecule has 0 saturated carbocycles. The lowest BCUT2D eigenvalue weighted by atomic mass is 10.2. The number of nitrogens with one attached hydrogen (secondary N) is 1. The average molecular weight is 347 g/mol. The fourth-order valence-electron chi connectivity index (χ4n) is 2.37. The number of hydrogen-bond donors (Lipinski definition) is 1. The first-order valence-electron chi connectivity index (χ1n) is 7.21. The number of carbonyl (C=O) groups excluding carboxylic acids is 2. The topological polar surface area (TPSA) is 49.4 Å². The molecule has 0 bridgehead atoms. The van der Waals surface area contributed by atoms with Gasteiger partial charge in [0.1, 0.15) is 6.54 Å². The molecule has 0 aliphatic carbocycles. The summed E-state index contributed by atoms with van der Waals surface area (Å²) in [5, 5.41) is 3.40. The Bertz CT molecular complexity index is 734. The van der Waals surface area contributed by atoms with Crippen molar-refractivity contribution in [1.82, 2.24) is 0 Å². The number of fused-ring (bicyclic) bond motifs is 1. The lowest BCUT2D eigenvalue weighted by Gasteiger charge is -2.22. The van der Waals surface area contributed by atoms with Gasteiger partial charge in [-0.15, -0.1) is 11.8 Å². The van der Waals surface area contributed by atoms with Crippen LogP contribution in [0.1, 0.15) is 6.42 Å². The highest BCUT2D eigenvalue weighted by Gasteiger charge is 2.24. The SMILES string of the molecule is O=C(CN1C(=O)CCSc2ccccc21)Nc1ccc(Cl)cc1. The van der Waals surface area contributed by atoms with Gasteiger partial charge in [0.15, 0.2) is 0 Å². The van der Waals surface area contributed by atoms with E-state index in [1.165, 1.54) is 0 Å². The van der Waals surface area contributed by atoms with Crippen LogP contribution in [0, 0.1) is 0 Å². The van der Waals surface area contributed by atoms with Crippen LogP contribution < -0.4 is 10.2 Å². The first kappa shape index (κ1) is 15.9. The number of rotatable bonds is 3. The number of anilines is 2. The number of halogens is 1. The molecular weight excluding hydrogens is 332 g/mol. The van der Waals surface area contributed by atoms with Gasteiger partial charge in [-0.1, -0.05) is 23.7 Å². The predicted octanol–water partition coefficient (Wildman–Crippen LogP) is 3.81. The van der Waals surface area contributed by atoms with Crippen LogP contribution >= 0.6 is 23.4 Å². The minimum absolute atomic E-state index is 0.000959. The summed E-state index contributed by atoms with van der Waals surface area (Å²) in [6.45, 7) is -0.000959. The van der Waals surface area contributed by atoms with Gasteiger partial charge in [0.05, 0.1) is 5.69 Å². The average Bonchev–Trinajstić information content (AvgIpc) is 2.70. The van der Waals surface area contributed by atoms with Crippen molar-refractivity contribution in [1.29, 1.82) is 0 Å². The molecule has 23 heavy (non-hydrogen) atoms. The third-order valence-corrected chi connectivity index (χ3v) is 4.78. The molecule has 0 aromatic heterocycles. The highest BCUT2D eigenvalue weighted by atomic mass is 35.5. The Hall–Kier alpha value is -1.98. The number of thioether (sulfide) groups is 1. The Morgan fingerprint density at radius 3 is 2.70 bits per heavy atom. The predicted molar refractivity (Wildman–Crippen MR) is 94.2 cm³/mol. The van der Waals surface area contributed by atoms with E-state index in [1.54, 1.807) is 40.9 Å². The fourth-order valence-corrected chi connectivity index (χ4v) is 3.49. The van der Waals surface area contributed by atoms with Crippen molar-refractivity contribution in [2.24, 2.45) is 0 Å². The number of amides is 2. The Kier molecular flexibility index (Phi) is 4.88. The second-order valence-corrected chi connectivity index (χ2v) is 6.67. The van der Waals surface area contributed by atoms with Gasteiger partial charge >= 0.3 is 0 Å². The zero-order valence-electron chi connectivity index (χ0n) is 12.3. The first-order valence-corrected chi connectivity index (χ1v) is 8.57. The summed E-state index contributed by atoms with van der Waals surface area (Å²) in [7, 11) is 0. The van der Waals surface area contributed by atoms with Crippen molar-refractivity contribution >= 4 is 46.6 Å². The van der Waals surface area contributed by atoms with E-state index in [9.17, 15) is 9.59 Å². The first-order chi connectivity index (χ1) is 11.1. The van der Waals surface area contributed by atoms with Gasteiger partial charge in [-0.3, -0.25) is 9.59 Å². The minimum Gasteiger partial charge on any atom is -0.325 e. The Balaban J connectivity index is 1.76. The van der Waals surface area contributed by atoms with Crippen LogP contribution in [0.25, 0.3) is 0 Å². The molecule has 3 rings (SSSR count). The van der Waals surface area contributed by atoms with Gasteiger partial charge in [0.2, 0.25) is 11.8 Å². The molecule has 6 heteroatoms.